The van der Waals surface area contributed by atoms with Gasteiger partial charge < -0.3 is 41.7 Å². The molecule has 2 heterocycles. The lowest BCUT2D eigenvalue weighted by molar-refractivity contribution is -0.132. The van der Waals surface area contributed by atoms with Crippen molar-refractivity contribution in [3.63, 3.8) is 0 Å². The van der Waals surface area contributed by atoms with E-state index in [0.29, 0.717) is 18.5 Å². The molecule has 1 fully saturated rings. The van der Waals surface area contributed by atoms with Gasteiger partial charge in [-0.05, 0) is 71.0 Å². The van der Waals surface area contributed by atoms with Crippen LogP contribution in [0.5, 0.6) is 0 Å². The molecule has 13 nitrogen and oxygen atoms in total. The minimum atomic E-state index is -1.14. The fourth-order valence-corrected chi connectivity index (χ4v) is 7.91. The SMILES string of the molecule is COC(=O)NC(C(=O)NC(Cc1ccc(-c2ccccn2)cc1)CC(O)C(Cc1ccccc1)NC(=O)C(C1CNC(=O)N1Cc1cccc(N)c1)C(C)(C)C)C(C)(C)C. The molecule has 1 saturated heterocycles. The zero-order valence-electron chi connectivity index (χ0n) is 35.8. The second kappa shape index (κ2) is 19.9. The van der Waals surface area contributed by atoms with Gasteiger partial charge in [0, 0.05) is 36.6 Å². The Morgan fingerprint density at radius 2 is 1.50 bits per heavy atom. The van der Waals surface area contributed by atoms with Crippen molar-refractivity contribution in [3.8, 4) is 11.3 Å². The van der Waals surface area contributed by atoms with E-state index < -0.39 is 59.0 Å². The molecule has 320 valence electrons. The predicted octanol–water partition coefficient (Wildman–Crippen LogP) is 5.86. The highest BCUT2D eigenvalue weighted by molar-refractivity contribution is 5.87. The van der Waals surface area contributed by atoms with Gasteiger partial charge in [0.25, 0.3) is 0 Å². The molecule has 6 atom stereocenters. The maximum Gasteiger partial charge on any atom is 0.407 e. The molecule has 1 aliphatic heterocycles. The number of anilines is 1. The van der Waals surface area contributed by atoms with Crippen LogP contribution in [0.4, 0.5) is 15.3 Å². The van der Waals surface area contributed by atoms with Crippen LogP contribution in [0.3, 0.4) is 0 Å². The molecule has 6 unspecified atom stereocenters. The Balaban J connectivity index is 1.44. The zero-order valence-corrected chi connectivity index (χ0v) is 35.8. The fourth-order valence-electron chi connectivity index (χ4n) is 7.91. The smallest absolute Gasteiger partial charge is 0.407 e. The summed E-state index contributed by atoms with van der Waals surface area (Å²) in [5, 5.41) is 24.2. The number of benzene rings is 3. The fraction of sp³-hybridized carbons (Fsp3) is 0.426. The molecular weight excluding hydrogens is 759 g/mol. The Morgan fingerprint density at radius 1 is 0.833 bits per heavy atom. The van der Waals surface area contributed by atoms with Crippen LogP contribution in [-0.2, 0) is 33.7 Å². The third-order valence-corrected chi connectivity index (χ3v) is 11.0. The number of pyridine rings is 1. The molecule has 1 aromatic heterocycles. The molecule has 60 heavy (non-hydrogen) atoms. The minimum absolute atomic E-state index is 0.0613. The van der Waals surface area contributed by atoms with Crippen LogP contribution >= 0.6 is 0 Å². The summed E-state index contributed by atoms with van der Waals surface area (Å²) in [4.78, 5) is 60.6. The van der Waals surface area contributed by atoms with Crippen LogP contribution in [0, 0.1) is 16.7 Å². The van der Waals surface area contributed by atoms with E-state index in [0.717, 1.165) is 27.9 Å². The number of urea groups is 1. The van der Waals surface area contributed by atoms with Gasteiger partial charge >= 0.3 is 12.1 Å². The molecule has 3 aromatic carbocycles. The highest BCUT2D eigenvalue weighted by atomic mass is 16.5. The molecule has 0 aliphatic carbocycles. The molecule has 4 aromatic rings. The first-order chi connectivity index (χ1) is 28.4. The van der Waals surface area contributed by atoms with Crippen LogP contribution in [0.15, 0.2) is 103 Å². The number of aromatic nitrogens is 1. The summed E-state index contributed by atoms with van der Waals surface area (Å²) in [6, 6.07) is 27.4. The lowest BCUT2D eigenvalue weighted by Gasteiger charge is -2.39. The summed E-state index contributed by atoms with van der Waals surface area (Å²) in [6.45, 7) is 12.0. The summed E-state index contributed by atoms with van der Waals surface area (Å²) >= 11 is 0. The molecule has 0 bridgehead atoms. The van der Waals surface area contributed by atoms with Crippen LogP contribution in [0.2, 0.25) is 0 Å². The van der Waals surface area contributed by atoms with Crippen molar-refractivity contribution < 1.29 is 29.0 Å². The lowest BCUT2D eigenvalue weighted by atomic mass is 9.75. The predicted molar refractivity (Wildman–Crippen MR) is 233 cm³/mol. The summed E-state index contributed by atoms with van der Waals surface area (Å²) in [5.74, 6) is -1.42. The van der Waals surface area contributed by atoms with Crippen molar-refractivity contribution in [2.75, 3.05) is 19.4 Å². The van der Waals surface area contributed by atoms with E-state index in [9.17, 15) is 24.3 Å². The van der Waals surface area contributed by atoms with Gasteiger partial charge in [-0.25, -0.2) is 9.59 Å². The molecule has 0 spiro atoms. The van der Waals surface area contributed by atoms with Gasteiger partial charge in [-0.2, -0.15) is 0 Å². The van der Waals surface area contributed by atoms with Gasteiger partial charge in [0.1, 0.15) is 6.04 Å². The van der Waals surface area contributed by atoms with E-state index >= 15 is 0 Å². The second-order valence-electron chi connectivity index (χ2n) is 17.8. The number of alkyl carbamates (subject to hydrolysis) is 1. The molecular formula is C47H61N7O6. The van der Waals surface area contributed by atoms with Crippen molar-refractivity contribution in [1.29, 1.82) is 0 Å². The van der Waals surface area contributed by atoms with Crippen molar-refractivity contribution in [1.82, 2.24) is 31.2 Å². The van der Waals surface area contributed by atoms with E-state index in [-0.39, 0.29) is 31.4 Å². The van der Waals surface area contributed by atoms with E-state index in [2.05, 4.69) is 26.3 Å². The minimum Gasteiger partial charge on any atom is -0.453 e. The Morgan fingerprint density at radius 3 is 2.12 bits per heavy atom. The lowest BCUT2D eigenvalue weighted by Crippen LogP contribution is -2.57. The summed E-state index contributed by atoms with van der Waals surface area (Å²) in [7, 11) is 1.24. The summed E-state index contributed by atoms with van der Waals surface area (Å²) in [6.07, 6.45) is 0.558. The Labute approximate surface area is 353 Å². The number of nitrogen functional groups attached to an aromatic ring is 1. The van der Waals surface area contributed by atoms with Crippen molar-refractivity contribution >= 4 is 29.6 Å². The van der Waals surface area contributed by atoms with E-state index in [1.807, 2.05) is 133 Å². The van der Waals surface area contributed by atoms with Crippen molar-refractivity contribution in [2.45, 2.75) is 97.6 Å². The molecule has 13 heteroatoms. The Bertz CT molecular complexity index is 2050. The number of aliphatic hydroxyl groups is 1. The third kappa shape index (κ3) is 12.3. The second-order valence-corrected chi connectivity index (χ2v) is 17.8. The molecule has 7 N–H and O–H groups in total. The number of ether oxygens (including phenoxy) is 1. The van der Waals surface area contributed by atoms with Gasteiger partial charge in [0.05, 0.1) is 36.9 Å². The zero-order chi connectivity index (χ0) is 43.6. The van der Waals surface area contributed by atoms with Gasteiger partial charge in [0.2, 0.25) is 11.8 Å². The number of amides is 5. The molecule has 0 radical (unpaired) electrons. The highest BCUT2D eigenvalue weighted by Gasteiger charge is 2.46. The van der Waals surface area contributed by atoms with E-state index in [1.165, 1.54) is 7.11 Å². The summed E-state index contributed by atoms with van der Waals surface area (Å²) in [5.41, 5.74) is 9.76. The average Bonchev–Trinajstić information content (AvgIpc) is 3.54. The third-order valence-electron chi connectivity index (χ3n) is 11.0. The van der Waals surface area contributed by atoms with Gasteiger partial charge in [0.15, 0.2) is 0 Å². The number of hydrogen-bond donors (Lipinski definition) is 6. The number of aliphatic hydroxyl groups excluding tert-OH is 1. The topological polar surface area (TPSA) is 188 Å². The number of nitrogens with one attached hydrogen (secondary N) is 4. The average molecular weight is 820 g/mol. The quantitative estimate of drug-likeness (QED) is 0.0759. The number of hydrogen-bond acceptors (Lipinski definition) is 8. The van der Waals surface area contributed by atoms with Crippen molar-refractivity contribution in [3.05, 3.63) is 120 Å². The van der Waals surface area contributed by atoms with Crippen LogP contribution < -0.4 is 27.0 Å². The van der Waals surface area contributed by atoms with Gasteiger partial charge in [-0.3, -0.25) is 14.6 Å². The first-order valence-electron chi connectivity index (χ1n) is 20.5. The van der Waals surface area contributed by atoms with Gasteiger partial charge in [-0.1, -0.05) is 114 Å². The van der Waals surface area contributed by atoms with Crippen LogP contribution in [-0.4, -0.2) is 82.9 Å². The summed E-state index contributed by atoms with van der Waals surface area (Å²) < 4.78 is 4.84. The number of carbonyl (C=O) groups is 4. The normalized spacial score (nSPS) is 16.8. The molecule has 1 aliphatic rings. The Hall–Kier alpha value is -5.95. The largest absolute Gasteiger partial charge is 0.453 e. The molecule has 0 saturated carbocycles. The van der Waals surface area contributed by atoms with E-state index in [4.69, 9.17) is 10.5 Å². The molecule has 5 rings (SSSR count). The van der Waals surface area contributed by atoms with Gasteiger partial charge in [-0.15, -0.1) is 0 Å². The Kier molecular flexibility index (Phi) is 14.9. The number of methoxy groups -OCH3 is 1. The maximum atomic E-state index is 14.7. The number of nitrogens with two attached hydrogens (primary N) is 1. The standard InChI is InChI=1S/C47H61N7O6/c1-46(2,3)40(38-28-50-44(58)54(38)29-32-16-13-17-34(48)24-32)42(56)52-37(26-30-14-9-8-10-15-30)39(55)27-35(51-43(57)41(47(4,5)6)53-45(59)60-7)25-31-19-21-33(22-20-31)36-18-11-12-23-49-36/h8-24,35,37-41,55H,25-29,48H2,1-7H3,(H,50,58)(H,51,57)(H,52,56)(H,53,59). The first-order valence-corrected chi connectivity index (χ1v) is 20.5. The number of carbonyl (C=O) groups excluding carboxylic acids is 4. The number of nitrogens with zero attached hydrogens (tertiary/aromatic N) is 2. The number of rotatable bonds is 16. The van der Waals surface area contributed by atoms with Crippen molar-refractivity contribution in [2.24, 2.45) is 16.7 Å². The molecule has 5 amide bonds. The van der Waals surface area contributed by atoms with Crippen LogP contribution in [0.1, 0.15) is 64.7 Å². The monoisotopic (exact) mass is 819 g/mol. The highest BCUT2D eigenvalue weighted by Crippen LogP contribution is 2.34. The first kappa shape index (κ1) is 45.1. The maximum absolute atomic E-state index is 14.7. The van der Waals surface area contributed by atoms with Crippen LogP contribution in [0.25, 0.3) is 11.3 Å². The van der Waals surface area contributed by atoms with E-state index in [1.54, 1.807) is 17.2 Å².